The summed E-state index contributed by atoms with van der Waals surface area (Å²) in [5.41, 5.74) is 0. The monoisotopic (exact) mass is 153 g/mol. The van der Waals surface area contributed by atoms with Gasteiger partial charge in [0.2, 0.25) is 0 Å². The molecule has 0 aliphatic heterocycles. The first-order valence-electron chi connectivity index (χ1n) is 3.57. The molecule has 0 unspecified atom stereocenters. The highest BCUT2D eigenvalue weighted by Crippen LogP contribution is 1.95. The van der Waals surface area contributed by atoms with Gasteiger partial charge in [-0.1, -0.05) is 6.58 Å². The van der Waals surface area contributed by atoms with E-state index >= 15 is 0 Å². The quantitative estimate of drug-likeness (QED) is 0.606. The first-order valence-corrected chi connectivity index (χ1v) is 3.57. The average Bonchev–Trinajstić information content (AvgIpc) is 2.33. The molecule has 1 aromatic rings. The maximum absolute atomic E-state index is 8.68. The summed E-state index contributed by atoms with van der Waals surface area (Å²) in [5, 5.41) is 8.68. The molecule has 1 rings (SSSR count). The molecule has 0 amide bonds. The molecule has 3 nitrogen and oxygen atoms in total. The average molecular weight is 153 g/mol. The molecule has 60 valence electrons. The van der Waals surface area contributed by atoms with Crippen LogP contribution in [-0.4, -0.2) is 16.3 Å². The van der Waals surface area contributed by atoms with Crippen molar-refractivity contribution >= 4 is 6.08 Å². The van der Waals surface area contributed by atoms with Crippen LogP contribution >= 0.6 is 0 Å². The van der Waals surface area contributed by atoms with Gasteiger partial charge in [0.1, 0.15) is 18.9 Å². The van der Waals surface area contributed by atoms with E-state index in [9.17, 15) is 0 Å². The van der Waals surface area contributed by atoms with Crippen LogP contribution in [0.25, 0.3) is 6.08 Å². The SMILES string of the molecule is C=Cc1n(CCO)cc[n+]1C. The molecule has 11 heavy (non-hydrogen) atoms. The summed E-state index contributed by atoms with van der Waals surface area (Å²) in [6.45, 7) is 4.47. The van der Waals surface area contributed by atoms with Crippen LogP contribution in [0.5, 0.6) is 0 Å². The van der Waals surface area contributed by atoms with Crippen LogP contribution in [0.4, 0.5) is 0 Å². The summed E-state index contributed by atoms with van der Waals surface area (Å²) in [6.07, 6.45) is 5.63. The molecule has 0 bridgehead atoms. The van der Waals surface area contributed by atoms with Crippen molar-refractivity contribution in [1.29, 1.82) is 0 Å². The van der Waals surface area contributed by atoms with E-state index in [0.29, 0.717) is 6.54 Å². The molecule has 0 atom stereocenters. The molecule has 0 spiro atoms. The van der Waals surface area contributed by atoms with Crippen molar-refractivity contribution in [1.82, 2.24) is 4.57 Å². The van der Waals surface area contributed by atoms with Crippen LogP contribution in [0, 0.1) is 0 Å². The normalized spacial score (nSPS) is 10.0. The van der Waals surface area contributed by atoms with Gasteiger partial charge >= 0.3 is 0 Å². The highest BCUT2D eigenvalue weighted by Gasteiger charge is 2.08. The highest BCUT2D eigenvalue weighted by atomic mass is 16.3. The Kier molecular flexibility index (Phi) is 2.44. The molecule has 0 saturated heterocycles. The molecule has 3 heteroatoms. The van der Waals surface area contributed by atoms with Crippen LogP contribution < -0.4 is 4.57 Å². The van der Waals surface area contributed by atoms with Gasteiger partial charge in [-0.2, -0.15) is 0 Å². The van der Waals surface area contributed by atoms with Crippen molar-refractivity contribution in [2.45, 2.75) is 6.54 Å². The number of aromatic nitrogens is 2. The van der Waals surface area contributed by atoms with Crippen molar-refractivity contribution < 1.29 is 9.67 Å². The predicted molar refractivity (Wildman–Crippen MR) is 42.8 cm³/mol. The van der Waals surface area contributed by atoms with E-state index in [1.54, 1.807) is 6.08 Å². The number of imidazole rings is 1. The molecule has 1 aromatic heterocycles. The first-order chi connectivity index (χ1) is 5.29. The third-order valence-electron chi connectivity index (χ3n) is 1.65. The van der Waals surface area contributed by atoms with Crippen molar-refractivity contribution in [3.8, 4) is 0 Å². The fourth-order valence-electron chi connectivity index (χ4n) is 1.09. The van der Waals surface area contributed by atoms with E-state index in [4.69, 9.17) is 5.11 Å². The molecule has 0 aromatic carbocycles. The van der Waals surface area contributed by atoms with Crippen LogP contribution in [0.1, 0.15) is 5.82 Å². The van der Waals surface area contributed by atoms with E-state index in [2.05, 4.69) is 6.58 Å². The van der Waals surface area contributed by atoms with Gasteiger partial charge in [-0.25, -0.2) is 9.13 Å². The van der Waals surface area contributed by atoms with Crippen LogP contribution in [0.15, 0.2) is 19.0 Å². The van der Waals surface area contributed by atoms with E-state index in [1.165, 1.54) is 0 Å². The smallest absolute Gasteiger partial charge is 0.280 e. The lowest BCUT2D eigenvalue weighted by molar-refractivity contribution is -0.672. The van der Waals surface area contributed by atoms with Gasteiger partial charge in [-0.05, 0) is 0 Å². The molecule has 1 N–H and O–H groups in total. The van der Waals surface area contributed by atoms with E-state index in [1.807, 2.05) is 28.6 Å². The maximum atomic E-state index is 8.68. The number of aliphatic hydroxyl groups is 1. The van der Waals surface area contributed by atoms with E-state index in [-0.39, 0.29) is 6.61 Å². The zero-order chi connectivity index (χ0) is 8.27. The molecule has 0 saturated carbocycles. The Bertz CT molecular complexity index is 253. The van der Waals surface area contributed by atoms with Crippen molar-refractivity contribution in [2.24, 2.45) is 7.05 Å². The fraction of sp³-hybridized carbons (Fsp3) is 0.375. The zero-order valence-corrected chi connectivity index (χ0v) is 6.70. The minimum Gasteiger partial charge on any atom is -0.392 e. The number of rotatable bonds is 3. The number of hydrogen-bond donors (Lipinski definition) is 1. The van der Waals surface area contributed by atoms with Gasteiger partial charge < -0.3 is 5.11 Å². The van der Waals surface area contributed by atoms with E-state index in [0.717, 1.165) is 5.82 Å². The second kappa shape index (κ2) is 3.34. The predicted octanol–water partition coefficient (Wildman–Crippen LogP) is -0.0521. The van der Waals surface area contributed by atoms with Gasteiger partial charge in [0, 0.05) is 6.08 Å². The Labute approximate surface area is 66.2 Å². The van der Waals surface area contributed by atoms with Crippen molar-refractivity contribution in [3.63, 3.8) is 0 Å². The summed E-state index contributed by atoms with van der Waals surface area (Å²) in [6, 6.07) is 0. The lowest BCUT2D eigenvalue weighted by atomic mass is 10.5. The van der Waals surface area contributed by atoms with Crippen LogP contribution in [0.3, 0.4) is 0 Å². The lowest BCUT2D eigenvalue weighted by Gasteiger charge is -1.94. The number of aryl methyl sites for hydroxylation is 1. The third-order valence-corrected chi connectivity index (χ3v) is 1.65. The van der Waals surface area contributed by atoms with Crippen LogP contribution in [-0.2, 0) is 13.6 Å². The molecule has 1 heterocycles. The molecular weight excluding hydrogens is 140 g/mol. The number of hydrogen-bond acceptors (Lipinski definition) is 1. The van der Waals surface area contributed by atoms with Gasteiger partial charge in [0.05, 0.1) is 13.7 Å². The van der Waals surface area contributed by atoms with Crippen molar-refractivity contribution in [3.05, 3.63) is 24.8 Å². The Morgan fingerprint density at radius 1 is 1.82 bits per heavy atom. The summed E-state index contributed by atoms with van der Waals surface area (Å²) >= 11 is 0. The Balaban J connectivity index is 2.95. The molecule has 0 aliphatic rings. The number of nitrogens with zero attached hydrogens (tertiary/aromatic N) is 2. The summed E-state index contributed by atoms with van der Waals surface area (Å²) in [7, 11) is 1.95. The van der Waals surface area contributed by atoms with Gasteiger partial charge in [0.25, 0.3) is 5.82 Å². The second-order valence-electron chi connectivity index (χ2n) is 2.39. The summed E-state index contributed by atoms with van der Waals surface area (Å²) < 4.78 is 3.91. The largest absolute Gasteiger partial charge is 0.392 e. The van der Waals surface area contributed by atoms with Gasteiger partial charge in [-0.3, -0.25) is 0 Å². The minimum atomic E-state index is 0.162. The van der Waals surface area contributed by atoms with Crippen LogP contribution in [0.2, 0.25) is 0 Å². The lowest BCUT2D eigenvalue weighted by Crippen LogP contribution is -2.29. The molecule has 0 aliphatic carbocycles. The second-order valence-corrected chi connectivity index (χ2v) is 2.39. The third kappa shape index (κ3) is 1.49. The maximum Gasteiger partial charge on any atom is 0.280 e. The molecule has 0 radical (unpaired) electrons. The topological polar surface area (TPSA) is 29.0 Å². The van der Waals surface area contributed by atoms with Gasteiger partial charge in [-0.15, -0.1) is 0 Å². The standard InChI is InChI=1S/C8H13N2O/c1-3-8-9(2)4-5-10(8)6-7-11/h3-5,11H,1,6-7H2,2H3/q+1. The minimum absolute atomic E-state index is 0.162. The number of aliphatic hydroxyl groups excluding tert-OH is 1. The molecule has 0 fully saturated rings. The Morgan fingerprint density at radius 2 is 2.55 bits per heavy atom. The fourth-order valence-corrected chi connectivity index (χ4v) is 1.09. The Morgan fingerprint density at radius 3 is 3.09 bits per heavy atom. The van der Waals surface area contributed by atoms with E-state index < -0.39 is 0 Å². The van der Waals surface area contributed by atoms with Crippen molar-refractivity contribution in [2.75, 3.05) is 6.61 Å². The Hall–Kier alpha value is -1.09. The zero-order valence-electron chi connectivity index (χ0n) is 6.70. The summed E-state index contributed by atoms with van der Waals surface area (Å²) in [5.74, 6) is 1.01. The summed E-state index contributed by atoms with van der Waals surface area (Å²) in [4.78, 5) is 0. The molecular formula is C8H13N2O+. The van der Waals surface area contributed by atoms with Gasteiger partial charge in [0.15, 0.2) is 0 Å². The first kappa shape index (κ1) is 8.01. The highest BCUT2D eigenvalue weighted by molar-refractivity contribution is 5.32.